The van der Waals surface area contributed by atoms with Crippen molar-refractivity contribution in [1.29, 1.82) is 0 Å². The summed E-state index contributed by atoms with van der Waals surface area (Å²) in [6.07, 6.45) is -6.16. The zero-order valence-corrected chi connectivity index (χ0v) is 10.4. The van der Waals surface area contributed by atoms with Crippen LogP contribution in [-0.4, -0.2) is 30.4 Å². The summed E-state index contributed by atoms with van der Waals surface area (Å²) in [5, 5.41) is 10.7. The van der Waals surface area contributed by atoms with Gasteiger partial charge in [-0.05, 0) is 24.6 Å². The molecule has 0 radical (unpaired) electrons. The van der Waals surface area contributed by atoms with Gasteiger partial charge in [-0.25, -0.2) is 0 Å². The standard InChI is InChI=1S/C12H14F3NO3/c1-7(17)11(18)16-10(12(13,14)15)8-3-5-9(19-2)6-4-8/h3-7,10,17H,1-2H3,(H,16,18)/t7-,10-/m0/s1. The molecule has 0 aliphatic rings. The largest absolute Gasteiger partial charge is 0.497 e. The number of carbonyl (C=O) groups excluding carboxylic acids is 1. The van der Waals surface area contributed by atoms with Crippen LogP contribution < -0.4 is 10.1 Å². The van der Waals surface area contributed by atoms with E-state index in [-0.39, 0.29) is 5.56 Å². The van der Waals surface area contributed by atoms with Crippen LogP contribution in [0.25, 0.3) is 0 Å². The van der Waals surface area contributed by atoms with E-state index in [1.807, 2.05) is 0 Å². The fourth-order valence-corrected chi connectivity index (χ4v) is 1.41. The topological polar surface area (TPSA) is 58.6 Å². The van der Waals surface area contributed by atoms with Crippen molar-refractivity contribution in [2.45, 2.75) is 25.2 Å². The number of hydrogen-bond donors (Lipinski definition) is 2. The molecule has 4 nitrogen and oxygen atoms in total. The van der Waals surface area contributed by atoms with E-state index in [4.69, 9.17) is 9.84 Å². The van der Waals surface area contributed by atoms with E-state index in [0.717, 1.165) is 6.92 Å². The molecule has 19 heavy (non-hydrogen) atoms. The molecule has 1 aromatic rings. The summed E-state index contributed by atoms with van der Waals surface area (Å²) in [6, 6.07) is 2.98. The molecule has 0 aromatic heterocycles. The molecule has 0 fully saturated rings. The molecular weight excluding hydrogens is 263 g/mol. The van der Waals surface area contributed by atoms with Crippen LogP contribution in [0.1, 0.15) is 18.5 Å². The molecule has 0 aliphatic heterocycles. The molecule has 2 N–H and O–H groups in total. The molecular formula is C12H14F3NO3. The minimum Gasteiger partial charge on any atom is -0.497 e. The van der Waals surface area contributed by atoms with Crippen LogP contribution in [0.3, 0.4) is 0 Å². The Hall–Kier alpha value is -1.76. The summed E-state index contributed by atoms with van der Waals surface area (Å²) in [4.78, 5) is 11.2. The van der Waals surface area contributed by atoms with Crippen molar-refractivity contribution < 1.29 is 27.8 Å². The summed E-state index contributed by atoms with van der Waals surface area (Å²) in [7, 11) is 1.39. The Balaban J connectivity index is 2.99. The second kappa shape index (κ2) is 5.92. The highest BCUT2D eigenvalue weighted by Gasteiger charge is 2.42. The van der Waals surface area contributed by atoms with Crippen LogP contribution in [0, 0.1) is 0 Å². The first-order chi connectivity index (χ1) is 8.75. The van der Waals surface area contributed by atoms with Crippen molar-refractivity contribution in [3.05, 3.63) is 29.8 Å². The second-order valence-electron chi connectivity index (χ2n) is 3.93. The lowest BCUT2D eigenvalue weighted by Gasteiger charge is -2.22. The first-order valence-corrected chi connectivity index (χ1v) is 5.45. The fraction of sp³-hybridized carbons (Fsp3) is 0.417. The number of aliphatic hydroxyl groups excluding tert-OH is 1. The highest BCUT2D eigenvalue weighted by atomic mass is 19.4. The zero-order valence-electron chi connectivity index (χ0n) is 10.4. The van der Waals surface area contributed by atoms with Gasteiger partial charge in [-0.2, -0.15) is 13.2 Å². The zero-order chi connectivity index (χ0) is 14.6. The number of carbonyl (C=O) groups is 1. The maximum absolute atomic E-state index is 12.9. The highest BCUT2D eigenvalue weighted by molar-refractivity contribution is 5.80. The van der Waals surface area contributed by atoms with E-state index < -0.39 is 24.2 Å². The Morgan fingerprint density at radius 1 is 1.32 bits per heavy atom. The molecule has 106 valence electrons. The van der Waals surface area contributed by atoms with E-state index >= 15 is 0 Å². The molecule has 0 aliphatic carbocycles. The molecule has 0 saturated heterocycles. The molecule has 2 atom stereocenters. The maximum atomic E-state index is 12.9. The van der Waals surface area contributed by atoms with Gasteiger partial charge in [0.25, 0.3) is 0 Å². The SMILES string of the molecule is COc1ccc([C@H](NC(=O)[C@H](C)O)C(F)(F)F)cc1. The minimum absolute atomic E-state index is 0.137. The number of amides is 1. The smallest absolute Gasteiger partial charge is 0.412 e. The van der Waals surface area contributed by atoms with E-state index in [1.165, 1.54) is 31.4 Å². The lowest BCUT2D eigenvalue weighted by Crippen LogP contribution is -2.42. The predicted molar refractivity (Wildman–Crippen MR) is 61.6 cm³/mol. The number of halogens is 3. The van der Waals surface area contributed by atoms with Gasteiger partial charge >= 0.3 is 6.18 Å². The number of nitrogens with one attached hydrogen (secondary N) is 1. The molecule has 1 aromatic carbocycles. The summed E-state index contributed by atoms with van der Waals surface area (Å²) in [5.74, 6) is -0.676. The third-order valence-electron chi connectivity index (χ3n) is 2.44. The Kier molecular flexibility index (Phi) is 4.77. The minimum atomic E-state index is -4.65. The summed E-state index contributed by atoms with van der Waals surface area (Å²) < 4.78 is 43.5. The number of aliphatic hydroxyl groups is 1. The lowest BCUT2D eigenvalue weighted by atomic mass is 10.1. The Morgan fingerprint density at radius 3 is 2.21 bits per heavy atom. The van der Waals surface area contributed by atoms with Crippen molar-refractivity contribution in [1.82, 2.24) is 5.32 Å². The Bertz CT molecular complexity index is 429. The van der Waals surface area contributed by atoms with E-state index in [9.17, 15) is 18.0 Å². The summed E-state index contributed by atoms with van der Waals surface area (Å²) in [6.45, 7) is 1.09. The van der Waals surface area contributed by atoms with Crippen LogP contribution in [-0.2, 0) is 4.79 Å². The number of methoxy groups -OCH3 is 1. The van der Waals surface area contributed by atoms with E-state index in [1.54, 1.807) is 5.32 Å². The number of ether oxygens (including phenoxy) is 1. The second-order valence-corrected chi connectivity index (χ2v) is 3.93. The van der Waals surface area contributed by atoms with Gasteiger partial charge in [0.05, 0.1) is 7.11 Å². The lowest BCUT2D eigenvalue weighted by molar-refractivity contribution is -0.165. The maximum Gasteiger partial charge on any atom is 0.412 e. The molecule has 7 heteroatoms. The first-order valence-electron chi connectivity index (χ1n) is 5.45. The van der Waals surface area contributed by atoms with Crippen LogP contribution >= 0.6 is 0 Å². The molecule has 0 saturated carbocycles. The van der Waals surface area contributed by atoms with Crippen LogP contribution in [0.4, 0.5) is 13.2 Å². The average Bonchev–Trinajstić information content (AvgIpc) is 2.34. The monoisotopic (exact) mass is 277 g/mol. The quantitative estimate of drug-likeness (QED) is 0.882. The fourth-order valence-electron chi connectivity index (χ4n) is 1.41. The third-order valence-corrected chi connectivity index (χ3v) is 2.44. The van der Waals surface area contributed by atoms with Gasteiger partial charge in [-0.3, -0.25) is 4.79 Å². The van der Waals surface area contributed by atoms with Gasteiger partial charge in [-0.15, -0.1) is 0 Å². The van der Waals surface area contributed by atoms with Crippen molar-refractivity contribution in [3.8, 4) is 5.75 Å². The van der Waals surface area contributed by atoms with Crippen molar-refractivity contribution >= 4 is 5.91 Å². The molecule has 1 rings (SSSR count). The van der Waals surface area contributed by atoms with Gasteiger partial charge in [0.15, 0.2) is 6.04 Å². The molecule has 0 unspecified atom stereocenters. The van der Waals surface area contributed by atoms with Crippen molar-refractivity contribution in [2.24, 2.45) is 0 Å². The van der Waals surface area contributed by atoms with Crippen LogP contribution in [0.2, 0.25) is 0 Å². The van der Waals surface area contributed by atoms with Gasteiger partial charge in [0, 0.05) is 0 Å². The van der Waals surface area contributed by atoms with Gasteiger partial charge < -0.3 is 15.2 Å². The predicted octanol–water partition coefficient (Wildman–Crippen LogP) is 1.80. The molecule has 0 spiro atoms. The van der Waals surface area contributed by atoms with Gasteiger partial charge in [-0.1, -0.05) is 12.1 Å². The van der Waals surface area contributed by atoms with Crippen LogP contribution in [0.5, 0.6) is 5.75 Å². The number of alkyl halides is 3. The normalized spacial score (nSPS) is 14.6. The number of hydrogen-bond acceptors (Lipinski definition) is 3. The number of benzene rings is 1. The van der Waals surface area contributed by atoms with Gasteiger partial charge in [0.1, 0.15) is 11.9 Å². The van der Waals surface area contributed by atoms with E-state index in [0.29, 0.717) is 5.75 Å². The molecule has 0 bridgehead atoms. The average molecular weight is 277 g/mol. The Labute approximate surface area is 108 Å². The number of rotatable bonds is 4. The van der Waals surface area contributed by atoms with Crippen LogP contribution in [0.15, 0.2) is 24.3 Å². The summed E-state index contributed by atoms with van der Waals surface area (Å²) in [5.41, 5.74) is -0.137. The molecule has 0 heterocycles. The van der Waals surface area contributed by atoms with Crippen molar-refractivity contribution in [3.63, 3.8) is 0 Å². The summed E-state index contributed by atoms with van der Waals surface area (Å²) >= 11 is 0. The third kappa shape index (κ3) is 4.13. The van der Waals surface area contributed by atoms with E-state index in [2.05, 4.69) is 0 Å². The van der Waals surface area contributed by atoms with Crippen molar-refractivity contribution in [2.75, 3.05) is 7.11 Å². The highest BCUT2D eigenvalue weighted by Crippen LogP contribution is 2.33. The first kappa shape index (κ1) is 15.3. The van der Waals surface area contributed by atoms with Gasteiger partial charge in [0.2, 0.25) is 5.91 Å². The Morgan fingerprint density at radius 2 is 1.84 bits per heavy atom. The molecule has 1 amide bonds.